The number of thioether (sulfide) groups is 1. The standard InChI is InChI=1S/C25H20ClF3O3S/c26-21-14-17(32-15-23(30)31)10-11-22(21)33-13-12-18(16-6-2-1-3-7-16)19-8-4-5-9-20(19)24(27)25(28)29/h1-12,14,24-25H,13,15H2,(H,30,31). The maximum atomic E-state index is 14.3. The molecular weight excluding hydrogens is 473 g/mol. The number of hydrogen-bond acceptors (Lipinski definition) is 3. The molecule has 1 N–H and O–H groups in total. The van der Waals surface area contributed by atoms with Gasteiger partial charge in [-0.05, 0) is 40.5 Å². The average molecular weight is 493 g/mol. The second kappa shape index (κ2) is 11.8. The summed E-state index contributed by atoms with van der Waals surface area (Å²) in [6.07, 6.45) is -3.67. The van der Waals surface area contributed by atoms with E-state index in [1.54, 1.807) is 30.3 Å². The third-order valence-electron chi connectivity index (χ3n) is 4.65. The lowest BCUT2D eigenvalue weighted by molar-refractivity contribution is -0.139. The number of carbonyl (C=O) groups is 1. The first-order valence-corrected chi connectivity index (χ1v) is 11.3. The van der Waals surface area contributed by atoms with Gasteiger partial charge in [0.1, 0.15) is 5.75 Å². The van der Waals surface area contributed by atoms with Crippen molar-refractivity contribution >= 4 is 34.9 Å². The van der Waals surface area contributed by atoms with Crippen LogP contribution < -0.4 is 4.74 Å². The summed E-state index contributed by atoms with van der Waals surface area (Å²) in [6, 6.07) is 20.3. The van der Waals surface area contributed by atoms with Gasteiger partial charge in [0.25, 0.3) is 6.43 Å². The summed E-state index contributed by atoms with van der Waals surface area (Å²) in [5.74, 6) is -0.327. The van der Waals surface area contributed by atoms with Crippen molar-refractivity contribution in [2.24, 2.45) is 0 Å². The van der Waals surface area contributed by atoms with Crippen LogP contribution in [-0.4, -0.2) is 29.9 Å². The molecule has 0 radical (unpaired) electrons. The molecule has 0 aromatic heterocycles. The summed E-state index contributed by atoms with van der Waals surface area (Å²) in [6.45, 7) is -0.473. The Hall–Kier alpha value is -2.90. The SMILES string of the molecule is O=C(O)COc1ccc(SCC=C(c2ccccc2)c2ccccc2C(F)C(F)F)c(Cl)c1. The van der Waals surface area contributed by atoms with E-state index < -0.39 is 25.2 Å². The second-order valence-corrected chi connectivity index (χ2v) is 8.36. The van der Waals surface area contributed by atoms with Gasteiger partial charge in [-0.3, -0.25) is 0 Å². The van der Waals surface area contributed by atoms with Crippen molar-refractivity contribution in [1.29, 1.82) is 0 Å². The van der Waals surface area contributed by atoms with E-state index in [1.165, 1.54) is 23.9 Å². The minimum absolute atomic E-state index is 0.0643. The van der Waals surface area contributed by atoms with Gasteiger partial charge < -0.3 is 9.84 Å². The van der Waals surface area contributed by atoms with Crippen LogP contribution in [0.5, 0.6) is 5.75 Å². The Morgan fingerprint density at radius 3 is 2.39 bits per heavy atom. The Morgan fingerprint density at radius 1 is 1.03 bits per heavy atom. The zero-order chi connectivity index (χ0) is 23.8. The van der Waals surface area contributed by atoms with E-state index in [0.29, 0.717) is 27.7 Å². The minimum atomic E-state index is -3.13. The lowest BCUT2D eigenvalue weighted by Gasteiger charge is -2.16. The Balaban J connectivity index is 1.87. The summed E-state index contributed by atoms with van der Waals surface area (Å²) in [4.78, 5) is 11.4. The quantitative estimate of drug-likeness (QED) is 0.301. The van der Waals surface area contributed by atoms with Crippen LogP contribution in [0, 0.1) is 0 Å². The first kappa shape index (κ1) is 24.7. The fraction of sp³-hybridized carbons (Fsp3) is 0.160. The van der Waals surface area contributed by atoms with Crippen LogP contribution in [0.3, 0.4) is 0 Å². The molecule has 0 spiro atoms. The molecule has 172 valence electrons. The van der Waals surface area contributed by atoms with E-state index in [9.17, 15) is 18.0 Å². The molecule has 3 rings (SSSR count). The Kier molecular flexibility index (Phi) is 8.86. The van der Waals surface area contributed by atoms with Crippen molar-refractivity contribution in [2.45, 2.75) is 17.5 Å². The average Bonchev–Trinajstić information content (AvgIpc) is 2.81. The lowest BCUT2D eigenvalue weighted by Crippen LogP contribution is -2.09. The summed E-state index contributed by atoms with van der Waals surface area (Å²) >= 11 is 7.69. The monoisotopic (exact) mass is 492 g/mol. The minimum Gasteiger partial charge on any atom is -0.482 e. The van der Waals surface area contributed by atoms with Gasteiger partial charge in [0.2, 0.25) is 0 Å². The van der Waals surface area contributed by atoms with Crippen LogP contribution in [-0.2, 0) is 4.79 Å². The number of ether oxygens (including phenoxy) is 1. The first-order valence-electron chi connectivity index (χ1n) is 9.91. The van der Waals surface area contributed by atoms with Crippen molar-refractivity contribution in [3.8, 4) is 5.75 Å². The van der Waals surface area contributed by atoms with Gasteiger partial charge in [0.05, 0.1) is 5.02 Å². The highest BCUT2D eigenvalue weighted by Crippen LogP contribution is 2.36. The van der Waals surface area contributed by atoms with Crippen LogP contribution in [0.4, 0.5) is 13.2 Å². The number of benzene rings is 3. The molecule has 3 aromatic rings. The Bertz CT molecular complexity index is 1120. The van der Waals surface area contributed by atoms with Crippen LogP contribution >= 0.6 is 23.4 Å². The lowest BCUT2D eigenvalue weighted by atomic mass is 9.92. The third-order valence-corrected chi connectivity index (χ3v) is 6.07. The number of aliphatic carboxylic acids is 1. The highest BCUT2D eigenvalue weighted by molar-refractivity contribution is 7.99. The molecule has 0 amide bonds. The highest BCUT2D eigenvalue weighted by Gasteiger charge is 2.25. The summed E-state index contributed by atoms with van der Waals surface area (Å²) in [5, 5.41) is 9.09. The predicted molar refractivity (Wildman–Crippen MR) is 125 cm³/mol. The molecule has 1 unspecified atom stereocenters. The molecule has 0 saturated heterocycles. The normalized spacial score (nSPS) is 12.6. The van der Waals surface area contributed by atoms with E-state index in [0.717, 1.165) is 10.5 Å². The van der Waals surface area contributed by atoms with Crippen molar-refractivity contribution in [3.05, 3.63) is 101 Å². The Labute approximate surface area is 198 Å². The van der Waals surface area contributed by atoms with Gasteiger partial charge in [-0.1, -0.05) is 72.3 Å². The van der Waals surface area contributed by atoms with E-state index >= 15 is 0 Å². The van der Waals surface area contributed by atoms with Crippen molar-refractivity contribution < 1.29 is 27.8 Å². The topological polar surface area (TPSA) is 46.5 Å². The van der Waals surface area contributed by atoms with Gasteiger partial charge in [-0.15, -0.1) is 11.8 Å². The highest BCUT2D eigenvalue weighted by atomic mass is 35.5. The van der Waals surface area contributed by atoms with Gasteiger partial charge in [0.15, 0.2) is 12.8 Å². The largest absolute Gasteiger partial charge is 0.482 e. The molecule has 0 heterocycles. The van der Waals surface area contributed by atoms with Crippen molar-refractivity contribution in [2.75, 3.05) is 12.4 Å². The number of carboxylic acid groups (broad SMARTS) is 1. The maximum Gasteiger partial charge on any atom is 0.341 e. The molecule has 3 nitrogen and oxygen atoms in total. The molecule has 0 fully saturated rings. The molecule has 0 aliphatic rings. The van der Waals surface area contributed by atoms with E-state index in [2.05, 4.69) is 0 Å². The predicted octanol–water partition coefficient (Wildman–Crippen LogP) is 7.30. The van der Waals surface area contributed by atoms with Crippen LogP contribution in [0.2, 0.25) is 5.02 Å². The molecule has 3 aromatic carbocycles. The maximum absolute atomic E-state index is 14.3. The molecular formula is C25H20ClF3O3S. The molecule has 0 aliphatic heterocycles. The molecule has 0 saturated carbocycles. The van der Waals surface area contributed by atoms with Crippen LogP contribution in [0.25, 0.3) is 5.57 Å². The van der Waals surface area contributed by atoms with E-state index in [4.69, 9.17) is 21.4 Å². The fourth-order valence-corrected chi connectivity index (χ4v) is 4.29. The zero-order valence-corrected chi connectivity index (χ0v) is 18.8. The number of carboxylic acids is 1. The molecule has 1 atom stereocenters. The van der Waals surface area contributed by atoms with Crippen molar-refractivity contribution in [3.63, 3.8) is 0 Å². The Morgan fingerprint density at radius 2 is 1.73 bits per heavy atom. The molecule has 0 bridgehead atoms. The molecule has 33 heavy (non-hydrogen) atoms. The number of rotatable bonds is 10. The van der Waals surface area contributed by atoms with E-state index in [1.807, 2.05) is 36.4 Å². The molecule has 0 aliphatic carbocycles. The van der Waals surface area contributed by atoms with E-state index in [-0.39, 0.29) is 5.56 Å². The summed E-state index contributed by atoms with van der Waals surface area (Å²) in [5.41, 5.74) is 1.75. The van der Waals surface area contributed by atoms with Crippen LogP contribution in [0.15, 0.2) is 83.8 Å². The van der Waals surface area contributed by atoms with Gasteiger partial charge in [0, 0.05) is 10.6 Å². The number of halogens is 4. The van der Waals surface area contributed by atoms with Gasteiger partial charge >= 0.3 is 5.97 Å². The fourth-order valence-electron chi connectivity index (χ4n) is 3.17. The zero-order valence-electron chi connectivity index (χ0n) is 17.3. The third kappa shape index (κ3) is 6.79. The van der Waals surface area contributed by atoms with Crippen LogP contribution in [0.1, 0.15) is 22.9 Å². The van der Waals surface area contributed by atoms with Gasteiger partial charge in [-0.2, -0.15) is 0 Å². The first-order chi connectivity index (χ1) is 15.9. The van der Waals surface area contributed by atoms with Gasteiger partial charge in [-0.25, -0.2) is 18.0 Å². The summed E-state index contributed by atoms with van der Waals surface area (Å²) in [7, 11) is 0. The second-order valence-electron chi connectivity index (χ2n) is 6.89. The summed E-state index contributed by atoms with van der Waals surface area (Å²) < 4.78 is 45.8. The molecule has 8 heteroatoms. The number of alkyl halides is 3. The number of hydrogen-bond donors (Lipinski definition) is 1. The smallest absolute Gasteiger partial charge is 0.341 e. The van der Waals surface area contributed by atoms with Crippen molar-refractivity contribution in [1.82, 2.24) is 0 Å².